The minimum Gasteiger partial charge on any atom is -0.398 e. The summed E-state index contributed by atoms with van der Waals surface area (Å²) in [6.07, 6.45) is 0. The molecule has 0 aromatic heterocycles. The fraction of sp³-hybridized carbons (Fsp3) is 0.533. The van der Waals surface area contributed by atoms with Crippen molar-refractivity contribution in [2.24, 2.45) is 0 Å². The molecule has 0 bridgehead atoms. The van der Waals surface area contributed by atoms with Gasteiger partial charge in [-0.05, 0) is 38.8 Å². The number of aliphatic hydroxyl groups is 1. The van der Waals surface area contributed by atoms with Crippen LogP contribution in [0.4, 0.5) is 5.69 Å². The third kappa shape index (κ3) is 7.26. The number of ether oxygens (including phenoxy) is 1. The van der Waals surface area contributed by atoms with Crippen LogP contribution in [0.3, 0.4) is 0 Å². The molecule has 0 fully saturated rings. The van der Waals surface area contributed by atoms with Crippen molar-refractivity contribution in [2.75, 3.05) is 26.2 Å². The number of hydrogen-bond donors (Lipinski definition) is 2. The Kier molecular flexibility index (Phi) is 9.52. The first-order valence-corrected chi connectivity index (χ1v) is 8.58. The van der Waals surface area contributed by atoms with Crippen molar-refractivity contribution in [3.8, 4) is 0 Å². The second-order valence-electron chi connectivity index (χ2n) is 5.28. The fourth-order valence-electron chi connectivity index (χ4n) is 1.62. The number of benzene rings is 1. The number of nitrogens with zero attached hydrogens (tertiary/aromatic N) is 1. The molecule has 9 heteroatoms. The van der Waals surface area contributed by atoms with Crippen molar-refractivity contribution in [1.82, 2.24) is 4.31 Å². The van der Waals surface area contributed by atoms with E-state index in [1.165, 1.54) is 7.11 Å². The maximum absolute atomic E-state index is 11.4. The number of aliphatic hydroxyl groups excluding tert-OH is 1. The molecule has 8 nitrogen and oxygen atoms in total. The van der Waals surface area contributed by atoms with Crippen LogP contribution in [-0.4, -0.2) is 50.3 Å². The first kappa shape index (κ1) is 22.3. The number of carbonyl (C=O) groups excluding carboxylic acids is 1. The van der Waals surface area contributed by atoms with Crippen LogP contribution in [0.25, 0.3) is 0 Å². The van der Waals surface area contributed by atoms with Crippen LogP contribution in [0.5, 0.6) is 0 Å². The molecule has 0 spiro atoms. The number of nitrogens with two attached hydrogens (primary N) is 1. The zero-order chi connectivity index (χ0) is 18.9. The third-order valence-corrected chi connectivity index (χ3v) is 4.49. The number of hydrogen-bond acceptors (Lipinski definition) is 7. The first-order chi connectivity index (χ1) is 11.1. The Bertz CT molecular complexity index is 611. The van der Waals surface area contributed by atoms with Crippen LogP contribution in [0, 0.1) is 13.8 Å². The van der Waals surface area contributed by atoms with Crippen molar-refractivity contribution in [2.45, 2.75) is 33.7 Å². The highest BCUT2D eigenvalue weighted by atomic mass is 32.2. The lowest BCUT2D eigenvalue weighted by Gasteiger charge is -2.23. The summed E-state index contributed by atoms with van der Waals surface area (Å²) in [6.45, 7) is 6.02. The number of methoxy groups -OCH3 is 1. The lowest BCUT2D eigenvalue weighted by Crippen LogP contribution is -2.40. The molecule has 1 aromatic carbocycles. The van der Waals surface area contributed by atoms with Gasteiger partial charge >= 0.3 is 16.3 Å². The minimum absolute atomic E-state index is 0.224. The summed E-state index contributed by atoms with van der Waals surface area (Å²) in [5.41, 5.74) is 8.92. The molecule has 3 N–H and O–H groups in total. The average Bonchev–Trinajstić information content (AvgIpc) is 2.49. The van der Waals surface area contributed by atoms with Crippen molar-refractivity contribution in [3.63, 3.8) is 0 Å². The molecule has 1 rings (SSSR count). The summed E-state index contributed by atoms with van der Waals surface area (Å²) in [5.74, 6) is -1.23. The molecule has 0 heterocycles. The number of nitrogen functional groups attached to an aromatic ring is 1. The number of anilines is 1. The first-order valence-electron chi connectivity index (χ1n) is 7.22. The van der Waals surface area contributed by atoms with Crippen LogP contribution in [-0.2, 0) is 24.0 Å². The van der Waals surface area contributed by atoms with Gasteiger partial charge in [0.1, 0.15) is 13.3 Å². The van der Waals surface area contributed by atoms with Crippen molar-refractivity contribution in [3.05, 3.63) is 29.3 Å². The zero-order valence-corrected chi connectivity index (χ0v) is 15.5. The third-order valence-electron chi connectivity index (χ3n) is 2.99. The van der Waals surface area contributed by atoms with E-state index in [-0.39, 0.29) is 6.73 Å². The van der Waals surface area contributed by atoms with Gasteiger partial charge in [-0.2, -0.15) is 8.42 Å². The van der Waals surface area contributed by atoms with Gasteiger partial charge in [0.25, 0.3) is 0 Å². The summed E-state index contributed by atoms with van der Waals surface area (Å²) in [5, 5.41) is 8.36. The van der Waals surface area contributed by atoms with Crippen LogP contribution >= 0.6 is 0 Å². The Morgan fingerprint density at radius 2 is 1.79 bits per heavy atom. The van der Waals surface area contributed by atoms with Gasteiger partial charge in [-0.1, -0.05) is 18.2 Å². The Morgan fingerprint density at radius 1 is 1.29 bits per heavy atom. The predicted molar refractivity (Wildman–Crippen MR) is 91.3 cm³/mol. The van der Waals surface area contributed by atoms with Gasteiger partial charge in [0.2, 0.25) is 0 Å². The average molecular weight is 362 g/mol. The van der Waals surface area contributed by atoms with Gasteiger partial charge in [0.15, 0.2) is 0 Å². The van der Waals surface area contributed by atoms with E-state index in [0.717, 1.165) is 21.1 Å². The lowest BCUT2D eigenvalue weighted by molar-refractivity contribution is -0.137. The summed E-state index contributed by atoms with van der Waals surface area (Å²) in [6, 6.07) is 5.63. The van der Waals surface area contributed by atoms with Gasteiger partial charge in [0.05, 0.1) is 0 Å². The quantitative estimate of drug-likeness (QED) is 0.571. The highest BCUT2D eigenvalue weighted by Gasteiger charge is 2.28. The molecule has 0 atom stereocenters. The largest absolute Gasteiger partial charge is 0.398 e. The Morgan fingerprint density at radius 3 is 2.12 bits per heavy atom. The molecule has 0 aliphatic carbocycles. The van der Waals surface area contributed by atoms with Gasteiger partial charge in [-0.25, -0.2) is 4.79 Å². The molecule has 0 aliphatic heterocycles. The molecule has 24 heavy (non-hydrogen) atoms. The van der Waals surface area contributed by atoms with E-state index in [2.05, 4.69) is 8.92 Å². The highest BCUT2D eigenvalue weighted by Crippen LogP contribution is 2.13. The lowest BCUT2D eigenvalue weighted by atomic mass is 10.1. The summed E-state index contributed by atoms with van der Waals surface area (Å²) < 4.78 is 32.4. The summed E-state index contributed by atoms with van der Waals surface area (Å²) >= 11 is 0. The van der Waals surface area contributed by atoms with E-state index in [9.17, 15) is 13.2 Å². The fourth-order valence-corrected chi connectivity index (χ4v) is 2.75. The maximum atomic E-state index is 11.4. The maximum Gasteiger partial charge on any atom is 0.389 e. The Hall–Kier alpha value is -1.68. The SMILES string of the molecule is COCN(C(C)C)S(=O)(=O)OC(=O)CO.Cc1cccc(C)c1N. The summed E-state index contributed by atoms with van der Waals surface area (Å²) in [4.78, 5) is 10.6. The smallest absolute Gasteiger partial charge is 0.389 e. The molecule has 0 saturated carbocycles. The molecule has 0 unspecified atom stereocenters. The van der Waals surface area contributed by atoms with E-state index in [1.807, 2.05) is 32.0 Å². The standard InChI is InChI=1S/C8H11N.C7H15NO6S/c1-6-4-3-5-7(2)8(6)9;1-6(2)8(5-13-3)15(11,12)14-7(10)4-9/h3-5H,9H2,1-2H3;6,9H,4-5H2,1-3H3. The molecular formula is C15H26N2O6S. The Balaban J connectivity index is 0.000000496. The molecule has 0 saturated heterocycles. The summed E-state index contributed by atoms with van der Waals surface area (Å²) in [7, 11) is -2.88. The Labute approximate surface area is 143 Å². The van der Waals surface area contributed by atoms with Gasteiger partial charge in [0, 0.05) is 18.8 Å². The van der Waals surface area contributed by atoms with Crippen molar-refractivity contribution >= 4 is 22.0 Å². The molecular weight excluding hydrogens is 336 g/mol. The topological polar surface area (TPSA) is 119 Å². The van der Waals surface area contributed by atoms with Crippen LogP contribution in [0.15, 0.2) is 18.2 Å². The van der Waals surface area contributed by atoms with Gasteiger partial charge < -0.3 is 19.8 Å². The molecule has 138 valence electrons. The number of rotatable bonds is 6. The van der Waals surface area contributed by atoms with E-state index >= 15 is 0 Å². The number of para-hydroxylation sites is 1. The van der Waals surface area contributed by atoms with E-state index in [4.69, 9.17) is 10.8 Å². The number of aryl methyl sites for hydroxylation is 2. The number of carbonyl (C=O) groups is 1. The highest BCUT2D eigenvalue weighted by molar-refractivity contribution is 7.84. The van der Waals surface area contributed by atoms with E-state index < -0.39 is 28.9 Å². The predicted octanol–water partition coefficient (Wildman–Crippen LogP) is 0.967. The normalized spacial score (nSPS) is 11.2. The second-order valence-corrected chi connectivity index (χ2v) is 6.77. The van der Waals surface area contributed by atoms with E-state index in [0.29, 0.717) is 0 Å². The monoisotopic (exact) mass is 362 g/mol. The molecule has 0 radical (unpaired) electrons. The van der Waals surface area contributed by atoms with Crippen LogP contribution in [0.1, 0.15) is 25.0 Å². The van der Waals surface area contributed by atoms with Crippen LogP contribution < -0.4 is 5.73 Å². The van der Waals surface area contributed by atoms with E-state index in [1.54, 1.807) is 13.8 Å². The van der Waals surface area contributed by atoms with Gasteiger partial charge in [-0.15, -0.1) is 4.31 Å². The van der Waals surface area contributed by atoms with Crippen LogP contribution in [0.2, 0.25) is 0 Å². The molecule has 1 aromatic rings. The minimum atomic E-state index is -4.20. The van der Waals surface area contributed by atoms with Crippen molar-refractivity contribution < 1.29 is 27.2 Å². The zero-order valence-electron chi connectivity index (χ0n) is 14.6. The molecule has 0 aliphatic rings. The molecule has 0 amide bonds. The van der Waals surface area contributed by atoms with Gasteiger partial charge in [-0.3, -0.25) is 0 Å². The second kappa shape index (κ2) is 10.2. The van der Waals surface area contributed by atoms with Crippen molar-refractivity contribution in [1.29, 1.82) is 0 Å².